The van der Waals surface area contributed by atoms with Gasteiger partial charge in [0, 0.05) is 21.2 Å². The monoisotopic (exact) mass is 658 g/mol. The molecule has 0 saturated heterocycles. The van der Waals surface area contributed by atoms with Crippen molar-refractivity contribution in [1.82, 2.24) is 4.57 Å². The molecular weight excluding hydrogens is 634 g/mol. The van der Waals surface area contributed by atoms with E-state index in [9.17, 15) is 14.0 Å². The summed E-state index contributed by atoms with van der Waals surface area (Å²) < 4.78 is 27.4. The van der Waals surface area contributed by atoms with E-state index in [-0.39, 0.29) is 24.3 Å². The Hall–Kier alpha value is -4.50. The Morgan fingerprint density at radius 2 is 1.69 bits per heavy atom. The molecule has 1 aliphatic heterocycles. The van der Waals surface area contributed by atoms with Crippen LogP contribution in [0.5, 0.6) is 5.75 Å². The fourth-order valence-corrected chi connectivity index (χ4v) is 6.35. The van der Waals surface area contributed by atoms with Gasteiger partial charge in [-0.15, -0.1) is 0 Å². The summed E-state index contributed by atoms with van der Waals surface area (Å²) >= 11 is 13.6. The van der Waals surface area contributed by atoms with Gasteiger partial charge in [-0.3, -0.25) is 9.36 Å². The Morgan fingerprint density at radius 3 is 2.40 bits per heavy atom. The van der Waals surface area contributed by atoms with E-state index in [2.05, 4.69) is 0 Å². The van der Waals surface area contributed by atoms with Gasteiger partial charge < -0.3 is 9.47 Å². The molecule has 1 atom stereocenters. The van der Waals surface area contributed by atoms with Crippen molar-refractivity contribution in [2.75, 3.05) is 6.61 Å². The van der Waals surface area contributed by atoms with Gasteiger partial charge in [-0.2, -0.15) is 0 Å². The van der Waals surface area contributed by atoms with Crippen LogP contribution in [0.25, 0.3) is 11.8 Å². The molecule has 0 aliphatic carbocycles. The van der Waals surface area contributed by atoms with Crippen LogP contribution in [0.15, 0.2) is 112 Å². The van der Waals surface area contributed by atoms with Gasteiger partial charge in [-0.05, 0) is 66.6 Å². The number of hydrogen-bond donors (Lipinski definition) is 0. The van der Waals surface area contributed by atoms with Gasteiger partial charge in [0.15, 0.2) is 4.80 Å². The molecule has 0 N–H and O–H groups in total. The number of hydrogen-bond acceptors (Lipinski definition) is 6. The van der Waals surface area contributed by atoms with E-state index < -0.39 is 17.8 Å². The van der Waals surface area contributed by atoms with Gasteiger partial charge in [0.05, 0.1) is 28.5 Å². The fraction of sp³-hybridized carbons (Fsp3) is 0.114. The summed E-state index contributed by atoms with van der Waals surface area (Å²) in [6, 6.07) is 26.5. The van der Waals surface area contributed by atoms with E-state index in [0.717, 1.165) is 5.56 Å². The summed E-state index contributed by atoms with van der Waals surface area (Å²) in [4.78, 5) is 33.0. The first-order chi connectivity index (χ1) is 21.8. The number of fused-ring (bicyclic) bond motifs is 1. The molecule has 0 saturated carbocycles. The van der Waals surface area contributed by atoms with Crippen molar-refractivity contribution < 1.29 is 18.7 Å². The minimum Gasteiger partial charge on any atom is -0.488 e. The Balaban J connectivity index is 1.53. The summed E-state index contributed by atoms with van der Waals surface area (Å²) in [5, 5.41) is 1.09. The molecule has 10 heteroatoms. The molecule has 0 amide bonds. The molecule has 5 aromatic rings. The average molecular weight is 660 g/mol. The molecule has 6 rings (SSSR count). The molecule has 6 nitrogen and oxygen atoms in total. The number of ether oxygens (including phenoxy) is 2. The van der Waals surface area contributed by atoms with Gasteiger partial charge in [-0.25, -0.2) is 14.2 Å². The number of thiazole rings is 1. The SMILES string of the molecule is CCOC(=O)C1=C(c2ccccc2)N=c2s/c(=C\c3cc(Cl)ccc3OCc3ccc(Cl)cc3)c(=O)n2[C@@H]1c1ccc(F)cc1. The molecule has 45 heavy (non-hydrogen) atoms. The molecular formula is C35H25Cl2FN2O4S. The van der Waals surface area contributed by atoms with Crippen LogP contribution in [0.3, 0.4) is 0 Å². The highest BCUT2D eigenvalue weighted by Gasteiger charge is 2.35. The van der Waals surface area contributed by atoms with E-state index in [4.69, 9.17) is 37.7 Å². The third-order valence-electron chi connectivity index (χ3n) is 7.13. The predicted molar refractivity (Wildman–Crippen MR) is 175 cm³/mol. The van der Waals surface area contributed by atoms with Crippen molar-refractivity contribution in [3.63, 3.8) is 0 Å². The Bertz CT molecular complexity index is 2090. The molecule has 226 valence electrons. The lowest BCUT2D eigenvalue weighted by Crippen LogP contribution is -2.40. The van der Waals surface area contributed by atoms with Crippen molar-refractivity contribution in [3.8, 4) is 5.75 Å². The van der Waals surface area contributed by atoms with Crippen molar-refractivity contribution in [2.24, 2.45) is 4.99 Å². The van der Waals surface area contributed by atoms with Crippen LogP contribution >= 0.6 is 34.5 Å². The maximum atomic E-state index is 14.2. The number of carbonyl (C=O) groups is 1. The summed E-state index contributed by atoms with van der Waals surface area (Å²) in [6.45, 7) is 2.10. The molecule has 0 fully saturated rings. The number of rotatable bonds is 8. The standard InChI is InChI=1S/C35H25Cl2FN2O4S/c1-2-43-34(42)30-31(22-6-4-3-5-7-22)39-35-40(32(30)23-10-15-27(38)16-11-23)33(41)29(45-35)19-24-18-26(37)14-17-28(24)44-20-21-8-12-25(36)13-9-21/h3-19,32H,2,20H2,1H3/b29-19-/t32-/m1/s1. The highest BCUT2D eigenvalue weighted by molar-refractivity contribution is 7.07. The fourth-order valence-electron chi connectivity index (χ4n) is 5.05. The maximum absolute atomic E-state index is 14.2. The molecule has 4 aromatic carbocycles. The van der Waals surface area contributed by atoms with Crippen LogP contribution in [0, 0.1) is 5.82 Å². The second-order valence-electron chi connectivity index (χ2n) is 10.1. The first-order valence-electron chi connectivity index (χ1n) is 14.0. The van der Waals surface area contributed by atoms with Crippen LogP contribution in [0.1, 0.15) is 35.2 Å². The number of halogens is 3. The number of carbonyl (C=O) groups excluding carboxylic acids is 1. The molecule has 2 heterocycles. The van der Waals surface area contributed by atoms with Gasteiger partial charge >= 0.3 is 5.97 Å². The number of benzene rings is 4. The third-order valence-corrected chi connectivity index (χ3v) is 8.60. The predicted octanol–water partition coefficient (Wildman–Crippen LogP) is 6.96. The van der Waals surface area contributed by atoms with E-state index in [1.165, 1.54) is 28.0 Å². The van der Waals surface area contributed by atoms with Gasteiger partial charge in [0.1, 0.15) is 18.2 Å². The largest absolute Gasteiger partial charge is 0.488 e. The third kappa shape index (κ3) is 6.49. The molecule has 0 unspecified atom stereocenters. The van der Waals surface area contributed by atoms with E-state index in [1.54, 1.807) is 55.5 Å². The molecule has 1 aliphatic rings. The Kier molecular flexibility index (Phi) is 8.98. The summed E-state index contributed by atoms with van der Waals surface area (Å²) in [7, 11) is 0. The lowest BCUT2D eigenvalue weighted by Gasteiger charge is -2.25. The summed E-state index contributed by atoms with van der Waals surface area (Å²) in [5.74, 6) is -0.535. The van der Waals surface area contributed by atoms with Crippen molar-refractivity contribution in [2.45, 2.75) is 19.6 Å². The van der Waals surface area contributed by atoms with Crippen molar-refractivity contribution in [1.29, 1.82) is 0 Å². The van der Waals surface area contributed by atoms with Gasteiger partial charge in [0.25, 0.3) is 5.56 Å². The van der Waals surface area contributed by atoms with E-state index in [1.807, 2.05) is 42.5 Å². The number of aromatic nitrogens is 1. The zero-order valence-electron chi connectivity index (χ0n) is 23.9. The zero-order chi connectivity index (χ0) is 31.5. The van der Waals surface area contributed by atoms with Crippen LogP contribution < -0.4 is 19.6 Å². The second kappa shape index (κ2) is 13.2. The smallest absolute Gasteiger partial charge is 0.338 e. The highest BCUT2D eigenvalue weighted by Crippen LogP contribution is 2.35. The maximum Gasteiger partial charge on any atom is 0.338 e. The van der Waals surface area contributed by atoms with Crippen LogP contribution in [0.4, 0.5) is 4.39 Å². The number of nitrogens with zero attached hydrogens (tertiary/aromatic N) is 2. The normalized spacial score (nSPS) is 14.6. The zero-order valence-corrected chi connectivity index (χ0v) is 26.2. The topological polar surface area (TPSA) is 69.9 Å². The Labute approximate surface area is 271 Å². The first kappa shape index (κ1) is 30.5. The van der Waals surface area contributed by atoms with Crippen LogP contribution in [-0.4, -0.2) is 17.1 Å². The van der Waals surface area contributed by atoms with Crippen molar-refractivity contribution >= 4 is 52.3 Å². The van der Waals surface area contributed by atoms with Gasteiger partial charge in [-0.1, -0.05) is 89.1 Å². The lowest BCUT2D eigenvalue weighted by molar-refractivity contribution is -0.138. The van der Waals surface area contributed by atoms with Crippen LogP contribution in [-0.2, 0) is 16.1 Å². The second-order valence-corrected chi connectivity index (χ2v) is 12.0. The summed E-state index contributed by atoms with van der Waals surface area (Å²) in [5.41, 5.74) is 2.90. The van der Waals surface area contributed by atoms with Crippen LogP contribution in [0.2, 0.25) is 10.0 Å². The van der Waals surface area contributed by atoms with Crippen molar-refractivity contribution in [3.05, 3.63) is 160 Å². The average Bonchev–Trinajstić information content (AvgIpc) is 3.35. The molecule has 1 aromatic heterocycles. The number of esters is 1. The highest BCUT2D eigenvalue weighted by atomic mass is 35.5. The van der Waals surface area contributed by atoms with Gasteiger partial charge in [0.2, 0.25) is 0 Å². The summed E-state index contributed by atoms with van der Waals surface area (Å²) in [6.07, 6.45) is 1.70. The Morgan fingerprint density at radius 1 is 0.978 bits per heavy atom. The molecule has 0 spiro atoms. The minimum absolute atomic E-state index is 0.124. The minimum atomic E-state index is -0.918. The first-order valence-corrected chi connectivity index (χ1v) is 15.6. The van der Waals surface area contributed by atoms with E-state index in [0.29, 0.717) is 47.5 Å². The lowest BCUT2D eigenvalue weighted by atomic mass is 9.93. The molecule has 0 radical (unpaired) electrons. The molecule has 0 bridgehead atoms. The quantitative estimate of drug-likeness (QED) is 0.169. The van der Waals surface area contributed by atoms with E-state index >= 15 is 0 Å².